The lowest BCUT2D eigenvalue weighted by atomic mass is 10.2. The largest absolute Gasteiger partial charge is 0.493 e. The van der Waals surface area contributed by atoms with Crippen molar-refractivity contribution >= 4 is 23.5 Å². The summed E-state index contributed by atoms with van der Waals surface area (Å²) in [4.78, 5) is 0. The highest BCUT2D eigenvalue weighted by atomic mass is 32.1. The van der Waals surface area contributed by atoms with Crippen LogP contribution in [0.3, 0.4) is 0 Å². The third-order valence-corrected chi connectivity index (χ3v) is 3.86. The van der Waals surface area contributed by atoms with Crippen LogP contribution in [0.15, 0.2) is 53.6 Å². The number of methoxy groups -OCH3 is 1. The lowest BCUT2D eigenvalue weighted by Crippen LogP contribution is -2.32. The summed E-state index contributed by atoms with van der Waals surface area (Å²) in [5.41, 5.74) is 4.80. The van der Waals surface area contributed by atoms with Gasteiger partial charge in [0.1, 0.15) is 6.61 Å². The van der Waals surface area contributed by atoms with Gasteiger partial charge in [0.15, 0.2) is 16.6 Å². The summed E-state index contributed by atoms with van der Waals surface area (Å²) in [5, 5.41) is 7.76. The van der Waals surface area contributed by atoms with Crippen LogP contribution in [0.5, 0.6) is 11.5 Å². The Bertz CT molecular complexity index is 720. The molecule has 5 nitrogen and oxygen atoms in total. The summed E-state index contributed by atoms with van der Waals surface area (Å²) in [6.07, 6.45) is 3.89. The average molecular weight is 372 g/mol. The van der Waals surface area contributed by atoms with Gasteiger partial charge in [-0.3, -0.25) is 5.43 Å². The summed E-state index contributed by atoms with van der Waals surface area (Å²) in [7, 11) is 1.62. The Morgan fingerprint density at radius 1 is 1.15 bits per heavy atom. The Kier molecular flexibility index (Phi) is 8.42. The van der Waals surface area contributed by atoms with E-state index < -0.39 is 0 Å². The molecular formula is C20H25N3O2S. The van der Waals surface area contributed by atoms with Crippen LogP contribution in [0.2, 0.25) is 0 Å². The predicted octanol–water partition coefficient (Wildman–Crippen LogP) is 3.87. The van der Waals surface area contributed by atoms with Gasteiger partial charge in [-0.1, -0.05) is 43.7 Å². The average Bonchev–Trinajstić information content (AvgIpc) is 2.68. The fraction of sp³-hybridized carbons (Fsp3) is 0.300. The molecule has 0 aliphatic carbocycles. The number of unbranched alkanes of at least 4 members (excludes halogenated alkanes) is 1. The van der Waals surface area contributed by atoms with Crippen LogP contribution in [0.4, 0.5) is 0 Å². The molecule has 0 heterocycles. The van der Waals surface area contributed by atoms with Crippen LogP contribution in [0.1, 0.15) is 30.9 Å². The number of thiocarbonyl (C=S) groups is 1. The highest BCUT2D eigenvalue weighted by molar-refractivity contribution is 7.80. The Hall–Kier alpha value is -2.60. The molecule has 0 amide bonds. The standard InChI is InChI=1S/C20H25N3O2S/c1-3-4-12-21-20(26)23-22-14-17-10-11-18(19(13-17)24-2)25-15-16-8-6-5-7-9-16/h5-11,13-14H,3-4,12,15H2,1-2H3,(H2,21,23,26)/b22-14-. The number of rotatable bonds is 9. The van der Waals surface area contributed by atoms with E-state index in [9.17, 15) is 0 Å². The van der Waals surface area contributed by atoms with Crippen molar-refractivity contribution in [3.05, 3.63) is 59.7 Å². The van der Waals surface area contributed by atoms with Gasteiger partial charge in [-0.05, 0) is 48.0 Å². The molecule has 26 heavy (non-hydrogen) atoms. The Morgan fingerprint density at radius 3 is 2.69 bits per heavy atom. The van der Waals surface area contributed by atoms with Gasteiger partial charge < -0.3 is 14.8 Å². The summed E-state index contributed by atoms with van der Waals surface area (Å²) >= 11 is 5.15. The lowest BCUT2D eigenvalue weighted by molar-refractivity contribution is 0.284. The van der Waals surface area contributed by atoms with E-state index in [4.69, 9.17) is 21.7 Å². The van der Waals surface area contributed by atoms with Crippen LogP contribution in [0.25, 0.3) is 0 Å². The van der Waals surface area contributed by atoms with Gasteiger partial charge in [0, 0.05) is 6.54 Å². The number of nitrogens with one attached hydrogen (secondary N) is 2. The van der Waals surface area contributed by atoms with Crippen LogP contribution < -0.4 is 20.2 Å². The smallest absolute Gasteiger partial charge is 0.186 e. The number of ether oxygens (including phenoxy) is 2. The normalized spacial score (nSPS) is 10.5. The maximum Gasteiger partial charge on any atom is 0.186 e. The molecule has 0 saturated carbocycles. The van der Waals surface area contributed by atoms with Crippen molar-refractivity contribution in [2.45, 2.75) is 26.4 Å². The van der Waals surface area contributed by atoms with E-state index in [1.807, 2.05) is 48.5 Å². The molecule has 0 atom stereocenters. The summed E-state index contributed by atoms with van der Waals surface area (Å²) in [5.74, 6) is 1.35. The molecule has 6 heteroatoms. The topological polar surface area (TPSA) is 54.9 Å². The minimum atomic E-state index is 0.490. The second-order valence-corrected chi connectivity index (χ2v) is 6.07. The van der Waals surface area contributed by atoms with Crippen LogP contribution >= 0.6 is 12.2 Å². The lowest BCUT2D eigenvalue weighted by Gasteiger charge is -2.11. The van der Waals surface area contributed by atoms with Crippen LogP contribution in [-0.2, 0) is 6.61 Å². The first-order valence-corrected chi connectivity index (χ1v) is 9.05. The van der Waals surface area contributed by atoms with E-state index >= 15 is 0 Å². The number of hydrogen-bond acceptors (Lipinski definition) is 4. The maximum absolute atomic E-state index is 5.85. The van der Waals surface area contributed by atoms with Crippen molar-refractivity contribution in [2.24, 2.45) is 5.10 Å². The summed E-state index contributed by atoms with van der Waals surface area (Å²) in [6, 6.07) is 15.7. The van der Waals surface area contributed by atoms with Gasteiger partial charge in [0.2, 0.25) is 0 Å². The number of nitrogens with zero attached hydrogens (tertiary/aromatic N) is 1. The summed E-state index contributed by atoms with van der Waals surface area (Å²) < 4.78 is 11.3. The molecule has 0 bridgehead atoms. The molecule has 0 spiro atoms. The molecule has 0 fully saturated rings. The molecule has 0 unspecified atom stereocenters. The van der Waals surface area contributed by atoms with Crippen molar-refractivity contribution in [2.75, 3.05) is 13.7 Å². The molecule has 0 saturated heterocycles. The SMILES string of the molecule is CCCCNC(=S)N/N=C\c1ccc(OCc2ccccc2)c(OC)c1. The molecule has 2 N–H and O–H groups in total. The number of hydrazone groups is 1. The van der Waals surface area contributed by atoms with Gasteiger partial charge in [0.25, 0.3) is 0 Å². The molecule has 0 aliphatic rings. The molecule has 0 radical (unpaired) electrons. The first kappa shape index (κ1) is 19.7. The van der Waals surface area contributed by atoms with Gasteiger partial charge in [-0.2, -0.15) is 5.10 Å². The highest BCUT2D eigenvalue weighted by Crippen LogP contribution is 2.28. The second-order valence-electron chi connectivity index (χ2n) is 5.66. The van der Waals surface area contributed by atoms with E-state index in [1.54, 1.807) is 13.3 Å². The number of hydrogen-bond donors (Lipinski definition) is 2. The Balaban J connectivity index is 1.90. The van der Waals surface area contributed by atoms with Gasteiger partial charge in [-0.15, -0.1) is 0 Å². The van der Waals surface area contributed by atoms with Crippen LogP contribution in [0, 0.1) is 0 Å². The zero-order valence-electron chi connectivity index (χ0n) is 15.2. The van der Waals surface area contributed by atoms with Gasteiger partial charge in [0.05, 0.1) is 13.3 Å². The maximum atomic E-state index is 5.85. The van der Waals surface area contributed by atoms with E-state index in [0.29, 0.717) is 23.2 Å². The molecule has 2 aromatic carbocycles. The highest BCUT2D eigenvalue weighted by Gasteiger charge is 2.05. The van der Waals surface area contributed by atoms with E-state index in [2.05, 4.69) is 22.8 Å². The third kappa shape index (κ3) is 6.72. The van der Waals surface area contributed by atoms with Crippen molar-refractivity contribution in [1.29, 1.82) is 0 Å². The van der Waals surface area contributed by atoms with Crippen molar-refractivity contribution in [3.63, 3.8) is 0 Å². The molecule has 138 valence electrons. The quantitative estimate of drug-likeness (QED) is 0.303. The molecule has 0 aliphatic heterocycles. The second kappa shape index (κ2) is 11.1. The van der Waals surface area contributed by atoms with Crippen LogP contribution in [-0.4, -0.2) is 25.0 Å². The van der Waals surface area contributed by atoms with Gasteiger partial charge >= 0.3 is 0 Å². The van der Waals surface area contributed by atoms with Crippen molar-refractivity contribution in [3.8, 4) is 11.5 Å². The molecule has 2 rings (SSSR count). The Labute approximate surface area is 160 Å². The van der Waals surface area contributed by atoms with E-state index in [1.165, 1.54) is 0 Å². The summed E-state index contributed by atoms with van der Waals surface area (Å²) in [6.45, 7) is 3.47. The monoisotopic (exact) mass is 371 g/mol. The zero-order chi connectivity index (χ0) is 18.6. The molecular weight excluding hydrogens is 346 g/mol. The van der Waals surface area contributed by atoms with Gasteiger partial charge in [-0.25, -0.2) is 0 Å². The first-order chi connectivity index (χ1) is 12.7. The Morgan fingerprint density at radius 2 is 1.96 bits per heavy atom. The van der Waals surface area contributed by atoms with E-state index in [-0.39, 0.29) is 0 Å². The zero-order valence-corrected chi connectivity index (χ0v) is 16.0. The minimum Gasteiger partial charge on any atom is -0.493 e. The first-order valence-electron chi connectivity index (χ1n) is 8.64. The van der Waals surface area contributed by atoms with Crippen molar-refractivity contribution in [1.82, 2.24) is 10.7 Å². The van der Waals surface area contributed by atoms with E-state index in [0.717, 1.165) is 30.5 Å². The van der Waals surface area contributed by atoms with Crippen molar-refractivity contribution < 1.29 is 9.47 Å². The third-order valence-electron chi connectivity index (χ3n) is 3.62. The molecule has 0 aromatic heterocycles. The minimum absolute atomic E-state index is 0.490. The predicted molar refractivity (Wildman–Crippen MR) is 110 cm³/mol. The fourth-order valence-corrected chi connectivity index (χ4v) is 2.36. The number of benzene rings is 2. The molecule has 2 aromatic rings. The fourth-order valence-electron chi connectivity index (χ4n) is 2.20.